The number of rotatable bonds is 9. The number of carbonyl (C=O) groups is 3. The van der Waals surface area contributed by atoms with Crippen LogP contribution in [0.25, 0.3) is 0 Å². The van der Waals surface area contributed by atoms with E-state index in [9.17, 15) is 28.7 Å². The number of hydrogen-bond donors (Lipinski definition) is 2. The van der Waals surface area contributed by atoms with Crippen LogP contribution in [0.5, 0.6) is 5.75 Å². The van der Waals surface area contributed by atoms with Crippen LogP contribution in [0.4, 0.5) is 4.39 Å². The molecule has 11 nitrogen and oxygen atoms in total. The van der Waals surface area contributed by atoms with Crippen molar-refractivity contribution < 1.29 is 23.9 Å². The lowest BCUT2D eigenvalue weighted by Crippen LogP contribution is -2.55. The molecule has 1 aromatic carbocycles. The molecule has 2 N–H and O–H groups in total. The first-order valence-electron chi connectivity index (χ1n) is 13.4. The number of hydrogen-bond acceptors (Lipinski definition) is 7. The molecule has 1 aliphatic carbocycles. The van der Waals surface area contributed by atoms with Crippen LogP contribution in [0.3, 0.4) is 0 Å². The molecular formula is C28H39FN6O5. The smallest absolute Gasteiger partial charge is 0.312 e. The first kappa shape index (κ1) is 30.7. The highest BCUT2D eigenvalue weighted by Crippen LogP contribution is 2.41. The maximum absolute atomic E-state index is 13.6. The first-order chi connectivity index (χ1) is 18.9. The van der Waals surface area contributed by atoms with Gasteiger partial charge in [0, 0.05) is 34.2 Å². The average molecular weight is 559 g/mol. The van der Waals surface area contributed by atoms with E-state index in [-0.39, 0.29) is 18.9 Å². The largest absolute Gasteiger partial charge is 0.501 e. The van der Waals surface area contributed by atoms with Crippen LogP contribution in [0.15, 0.2) is 29.1 Å². The van der Waals surface area contributed by atoms with Crippen LogP contribution >= 0.6 is 0 Å². The third kappa shape index (κ3) is 6.67. The molecule has 2 aromatic rings. The molecule has 0 bridgehead atoms. The van der Waals surface area contributed by atoms with Crippen LogP contribution in [-0.2, 0) is 28.2 Å². The molecule has 1 aliphatic rings. The molecule has 0 saturated heterocycles. The number of likely N-dealkylation sites (N-methyl/N-ethyl adjacent to an activating group) is 2. The molecule has 3 rings (SSSR count). The van der Waals surface area contributed by atoms with E-state index >= 15 is 0 Å². The molecular weight excluding hydrogens is 519 g/mol. The van der Waals surface area contributed by atoms with E-state index in [0.29, 0.717) is 44.2 Å². The molecule has 3 amide bonds. The van der Waals surface area contributed by atoms with Crippen molar-refractivity contribution in [2.45, 2.75) is 57.2 Å². The number of aromatic nitrogens is 2. The van der Waals surface area contributed by atoms with E-state index in [0.717, 1.165) is 6.42 Å². The Kier molecular flexibility index (Phi) is 10.0. The van der Waals surface area contributed by atoms with E-state index in [1.54, 1.807) is 0 Å². The Morgan fingerprint density at radius 2 is 1.65 bits per heavy atom. The van der Waals surface area contributed by atoms with Crippen LogP contribution < -0.4 is 10.9 Å². The first-order valence-corrected chi connectivity index (χ1v) is 13.4. The van der Waals surface area contributed by atoms with Crippen LogP contribution in [-0.4, -0.2) is 88.9 Å². The summed E-state index contributed by atoms with van der Waals surface area (Å²) in [6.07, 6.45) is 3.73. The molecule has 40 heavy (non-hydrogen) atoms. The number of halogens is 1. The lowest BCUT2D eigenvalue weighted by molar-refractivity contribution is -0.154. The monoisotopic (exact) mass is 558 g/mol. The van der Waals surface area contributed by atoms with Crippen molar-refractivity contribution in [1.29, 1.82) is 0 Å². The summed E-state index contributed by atoms with van der Waals surface area (Å²) in [6, 6.07) is 5.55. The third-order valence-electron chi connectivity index (χ3n) is 7.35. The standard InChI is InChI=1S/C28H39FN6O5/c1-32(2)16-9-17-35-24(38)22(36)21(23(37)30-18-19-10-12-20(29)13-11-19)31-27(35)28(14-7-6-8-15-28)34(5)26(40)25(39)33(3)4/h10-13,36H,6-9,14-18H2,1-5H3,(H,30,37). The molecule has 0 spiro atoms. The predicted octanol–water partition coefficient (Wildman–Crippen LogP) is 1.68. The normalized spacial score (nSPS) is 14.6. The number of nitrogens with one attached hydrogen (secondary N) is 1. The Morgan fingerprint density at radius 3 is 2.23 bits per heavy atom. The summed E-state index contributed by atoms with van der Waals surface area (Å²) in [7, 11) is 8.29. The molecule has 218 valence electrons. The topological polar surface area (TPSA) is 128 Å². The summed E-state index contributed by atoms with van der Waals surface area (Å²) in [6.45, 7) is 0.853. The Hall–Kier alpha value is -3.80. The van der Waals surface area contributed by atoms with Crippen molar-refractivity contribution in [1.82, 2.24) is 29.6 Å². The van der Waals surface area contributed by atoms with Gasteiger partial charge < -0.3 is 25.1 Å². The summed E-state index contributed by atoms with van der Waals surface area (Å²) in [4.78, 5) is 61.8. The fraction of sp³-hybridized carbons (Fsp3) is 0.536. The number of aromatic hydroxyl groups is 1. The zero-order chi connectivity index (χ0) is 29.6. The molecule has 1 heterocycles. The van der Waals surface area contributed by atoms with Gasteiger partial charge in [-0.15, -0.1) is 0 Å². The second-order valence-corrected chi connectivity index (χ2v) is 10.7. The Labute approximate surface area is 233 Å². The highest BCUT2D eigenvalue weighted by atomic mass is 19.1. The fourth-order valence-corrected chi connectivity index (χ4v) is 5.05. The van der Waals surface area contributed by atoms with Crippen LogP contribution in [0.2, 0.25) is 0 Å². The number of benzene rings is 1. The summed E-state index contributed by atoms with van der Waals surface area (Å²) >= 11 is 0. The second-order valence-electron chi connectivity index (χ2n) is 10.7. The van der Waals surface area contributed by atoms with E-state index in [1.165, 1.54) is 59.8 Å². The van der Waals surface area contributed by atoms with Crippen molar-refractivity contribution in [3.63, 3.8) is 0 Å². The van der Waals surface area contributed by atoms with E-state index in [1.807, 2.05) is 19.0 Å². The minimum atomic E-state index is -1.14. The quantitative estimate of drug-likeness (QED) is 0.448. The van der Waals surface area contributed by atoms with E-state index < -0.39 is 46.1 Å². The van der Waals surface area contributed by atoms with Crippen LogP contribution in [0, 0.1) is 5.82 Å². The number of carbonyl (C=O) groups excluding carboxylic acids is 3. The lowest BCUT2D eigenvalue weighted by atomic mass is 9.79. The SMILES string of the molecule is CN(C)CCCn1c(C2(N(C)C(=O)C(=O)N(C)C)CCCCC2)nc(C(=O)NCc2ccc(F)cc2)c(O)c1=O. The third-order valence-corrected chi connectivity index (χ3v) is 7.35. The predicted molar refractivity (Wildman–Crippen MR) is 147 cm³/mol. The van der Waals surface area contributed by atoms with Crippen molar-refractivity contribution in [2.75, 3.05) is 41.8 Å². The highest BCUT2D eigenvalue weighted by Gasteiger charge is 2.46. The Bertz CT molecular complexity index is 1290. The maximum Gasteiger partial charge on any atom is 0.312 e. The number of nitrogens with zero attached hydrogens (tertiary/aromatic N) is 5. The van der Waals surface area contributed by atoms with Crippen LogP contribution in [0.1, 0.15) is 60.4 Å². The number of amides is 3. The van der Waals surface area contributed by atoms with Gasteiger partial charge in [-0.1, -0.05) is 31.4 Å². The van der Waals surface area contributed by atoms with Gasteiger partial charge >= 0.3 is 11.8 Å². The molecule has 1 aromatic heterocycles. The molecule has 0 aliphatic heterocycles. The average Bonchev–Trinajstić information content (AvgIpc) is 2.93. The molecule has 0 radical (unpaired) electrons. The van der Waals surface area contributed by atoms with Gasteiger partial charge in [-0.3, -0.25) is 23.7 Å². The summed E-state index contributed by atoms with van der Waals surface area (Å²) < 4.78 is 14.6. The van der Waals surface area contributed by atoms with Crippen molar-refractivity contribution >= 4 is 17.7 Å². The highest BCUT2D eigenvalue weighted by molar-refractivity contribution is 6.34. The minimum absolute atomic E-state index is 0.0162. The van der Waals surface area contributed by atoms with Gasteiger partial charge in [0.15, 0.2) is 5.69 Å². The van der Waals surface area contributed by atoms with Gasteiger partial charge in [-0.25, -0.2) is 9.37 Å². The van der Waals surface area contributed by atoms with Gasteiger partial charge in [0.1, 0.15) is 17.2 Å². The minimum Gasteiger partial charge on any atom is -0.501 e. The van der Waals surface area contributed by atoms with Gasteiger partial charge in [0.05, 0.1) is 0 Å². The summed E-state index contributed by atoms with van der Waals surface area (Å²) in [5, 5.41) is 13.5. The molecule has 0 atom stereocenters. The van der Waals surface area contributed by atoms with Gasteiger partial charge in [-0.2, -0.15) is 0 Å². The van der Waals surface area contributed by atoms with Crippen molar-refractivity contribution in [3.05, 3.63) is 57.5 Å². The Balaban J connectivity index is 2.12. The molecule has 12 heteroatoms. The lowest BCUT2D eigenvalue weighted by Gasteiger charge is -2.44. The van der Waals surface area contributed by atoms with Crippen molar-refractivity contribution in [2.24, 2.45) is 0 Å². The van der Waals surface area contributed by atoms with E-state index in [4.69, 9.17) is 0 Å². The molecule has 1 saturated carbocycles. The second kappa shape index (κ2) is 13.0. The van der Waals surface area contributed by atoms with Gasteiger partial charge in [0.25, 0.3) is 11.5 Å². The summed E-state index contributed by atoms with van der Waals surface area (Å²) in [5.74, 6) is -3.30. The maximum atomic E-state index is 13.6. The zero-order valence-electron chi connectivity index (χ0n) is 23.9. The van der Waals surface area contributed by atoms with E-state index in [2.05, 4.69) is 10.3 Å². The summed E-state index contributed by atoms with van der Waals surface area (Å²) in [5.41, 5.74) is -1.78. The molecule has 1 fully saturated rings. The fourth-order valence-electron chi connectivity index (χ4n) is 5.05. The zero-order valence-corrected chi connectivity index (χ0v) is 23.9. The molecule has 0 unspecified atom stereocenters. The Morgan fingerprint density at radius 1 is 1.02 bits per heavy atom. The van der Waals surface area contributed by atoms with Gasteiger partial charge in [-0.05, 0) is 57.6 Å². The van der Waals surface area contributed by atoms with Crippen molar-refractivity contribution in [3.8, 4) is 5.75 Å². The van der Waals surface area contributed by atoms with Gasteiger partial charge in [0.2, 0.25) is 5.75 Å².